The number of carbonyl (C=O) groups is 2. The third-order valence-electron chi connectivity index (χ3n) is 8.13. The van der Waals surface area contributed by atoms with Gasteiger partial charge < -0.3 is 19.9 Å². The SMILES string of the molecule is CCN(Cc1ccccc1Cl)C(=O)C1=C(c2ccc(CCCOc3cc(F)ccc3Br)cc2)C[C@@H]2CN(C(C)=O)C[C@H]1N2. The molecule has 3 aromatic carbocycles. The van der Waals surface area contributed by atoms with Crippen LogP contribution in [0, 0.1) is 5.82 Å². The molecule has 43 heavy (non-hydrogen) atoms. The molecule has 9 heteroatoms. The minimum absolute atomic E-state index is 0.0215. The first kappa shape index (κ1) is 31.2. The van der Waals surface area contributed by atoms with Crippen LogP contribution in [-0.2, 0) is 22.6 Å². The summed E-state index contributed by atoms with van der Waals surface area (Å²) in [6, 6.07) is 20.2. The minimum Gasteiger partial charge on any atom is -0.492 e. The van der Waals surface area contributed by atoms with Crippen LogP contribution < -0.4 is 10.1 Å². The number of hydrogen-bond acceptors (Lipinski definition) is 4. The highest BCUT2D eigenvalue weighted by atomic mass is 79.9. The lowest BCUT2D eigenvalue weighted by Crippen LogP contribution is -2.61. The number of likely N-dealkylation sites (N-methyl/N-ethyl adjacent to an activating group) is 1. The van der Waals surface area contributed by atoms with Gasteiger partial charge in [0.15, 0.2) is 0 Å². The van der Waals surface area contributed by atoms with Crippen LogP contribution >= 0.6 is 27.5 Å². The molecule has 2 aliphatic heterocycles. The van der Waals surface area contributed by atoms with E-state index in [1.54, 1.807) is 13.0 Å². The molecule has 2 amide bonds. The number of benzene rings is 3. The molecule has 226 valence electrons. The quantitative estimate of drug-likeness (QED) is 0.246. The van der Waals surface area contributed by atoms with E-state index in [9.17, 15) is 14.0 Å². The number of nitrogens with zero attached hydrogens (tertiary/aromatic N) is 2. The Morgan fingerprint density at radius 1 is 1.12 bits per heavy atom. The second-order valence-electron chi connectivity index (χ2n) is 11.1. The van der Waals surface area contributed by atoms with Crippen LogP contribution in [0.15, 0.2) is 76.8 Å². The lowest BCUT2D eigenvalue weighted by Gasteiger charge is -2.44. The maximum absolute atomic E-state index is 14.2. The van der Waals surface area contributed by atoms with Gasteiger partial charge in [0.1, 0.15) is 11.6 Å². The molecule has 0 saturated carbocycles. The smallest absolute Gasteiger partial charge is 0.252 e. The van der Waals surface area contributed by atoms with Crippen molar-refractivity contribution in [2.24, 2.45) is 0 Å². The van der Waals surface area contributed by atoms with Gasteiger partial charge in [0.05, 0.1) is 17.1 Å². The van der Waals surface area contributed by atoms with Gasteiger partial charge in [-0.3, -0.25) is 9.59 Å². The van der Waals surface area contributed by atoms with Gasteiger partial charge in [0, 0.05) is 55.8 Å². The van der Waals surface area contributed by atoms with Crippen molar-refractivity contribution < 1.29 is 18.7 Å². The van der Waals surface area contributed by atoms with E-state index in [4.69, 9.17) is 16.3 Å². The number of rotatable bonds is 10. The van der Waals surface area contributed by atoms with Crippen LogP contribution in [-0.4, -0.2) is 59.9 Å². The zero-order valence-electron chi connectivity index (χ0n) is 24.4. The van der Waals surface area contributed by atoms with Crippen LogP contribution in [0.3, 0.4) is 0 Å². The highest BCUT2D eigenvalue weighted by Gasteiger charge is 2.40. The Morgan fingerprint density at radius 2 is 1.88 bits per heavy atom. The summed E-state index contributed by atoms with van der Waals surface area (Å²) in [7, 11) is 0. The van der Waals surface area contributed by atoms with Crippen molar-refractivity contribution in [3.8, 4) is 5.75 Å². The Bertz CT molecular complexity index is 1510. The Kier molecular flexibility index (Phi) is 10.2. The van der Waals surface area contributed by atoms with E-state index in [1.165, 1.54) is 12.1 Å². The highest BCUT2D eigenvalue weighted by molar-refractivity contribution is 9.10. The molecule has 5 rings (SSSR count). The molecule has 1 N–H and O–H groups in total. The number of ether oxygens (including phenoxy) is 1. The zero-order chi connectivity index (χ0) is 30.5. The van der Waals surface area contributed by atoms with Crippen molar-refractivity contribution in [1.82, 2.24) is 15.1 Å². The van der Waals surface area contributed by atoms with Crippen molar-refractivity contribution >= 4 is 44.9 Å². The molecule has 1 saturated heterocycles. The number of fused-ring (bicyclic) bond motifs is 2. The van der Waals surface area contributed by atoms with Gasteiger partial charge in [-0.25, -0.2) is 4.39 Å². The van der Waals surface area contributed by atoms with E-state index >= 15 is 0 Å². The summed E-state index contributed by atoms with van der Waals surface area (Å²) in [5.74, 6) is 0.148. The first-order valence-corrected chi connectivity index (χ1v) is 15.8. The maximum atomic E-state index is 14.2. The van der Waals surface area contributed by atoms with Crippen LogP contribution in [0.2, 0.25) is 5.02 Å². The number of amides is 2. The van der Waals surface area contributed by atoms with Gasteiger partial charge in [-0.15, -0.1) is 0 Å². The number of nitrogens with one attached hydrogen (secondary N) is 1. The van der Waals surface area contributed by atoms with E-state index in [1.807, 2.05) is 41.0 Å². The predicted octanol–water partition coefficient (Wildman–Crippen LogP) is 6.65. The number of piperazine rings is 1. The minimum atomic E-state index is -0.331. The standard InChI is InChI=1S/C34H36BrClFN3O3/c1-3-39(19-25-8-4-5-9-30(25)36)34(42)33-28(18-27-20-40(22(2)41)21-31(33)38-27)24-12-10-23(11-13-24)7-6-16-43-32-17-26(37)14-15-29(32)35/h4-5,8-15,17,27,31,38H,3,6-7,16,18-21H2,1-2H3/t27-,31-/m1/s1. The fraction of sp³-hybridized carbons (Fsp3) is 0.353. The van der Waals surface area contributed by atoms with Crippen molar-refractivity contribution in [1.29, 1.82) is 0 Å². The average Bonchev–Trinajstić information content (AvgIpc) is 3.00. The van der Waals surface area contributed by atoms with Gasteiger partial charge in [-0.1, -0.05) is 54.1 Å². The summed E-state index contributed by atoms with van der Waals surface area (Å²) in [6.45, 7) is 6.04. The highest BCUT2D eigenvalue weighted by Crippen LogP contribution is 2.35. The van der Waals surface area contributed by atoms with E-state index in [0.717, 1.165) is 45.2 Å². The molecule has 2 heterocycles. The fourth-order valence-electron chi connectivity index (χ4n) is 5.87. The molecule has 0 unspecified atom stereocenters. The van der Waals surface area contributed by atoms with E-state index in [-0.39, 0.29) is 29.7 Å². The summed E-state index contributed by atoms with van der Waals surface area (Å²) in [6.07, 6.45) is 2.23. The number of carbonyl (C=O) groups excluding carboxylic acids is 2. The monoisotopic (exact) mass is 667 g/mol. The van der Waals surface area contributed by atoms with Crippen molar-refractivity contribution in [2.45, 2.75) is 51.7 Å². The van der Waals surface area contributed by atoms with E-state index in [2.05, 4.69) is 45.5 Å². The van der Waals surface area contributed by atoms with Crippen LogP contribution in [0.1, 0.15) is 43.4 Å². The molecule has 2 aliphatic rings. The molecule has 6 nitrogen and oxygen atoms in total. The molecule has 1 fully saturated rings. The average molecular weight is 669 g/mol. The molecule has 2 atom stereocenters. The third-order valence-corrected chi connectivity index (χ3v) is 9.16. The zero-order valence-corrected chi connectivity index (χ0v) is 26.8. The second kappa shape index (κ2) is 14.1. The molecule has 0 aliphatic carbocycles. The number of aryl methyl sites for hydroxylation is 1. The maximum Gasteiger partial charge on any atom is 0.252 e. The Hall–Kier alpha value is -3.20. The van der Waals surface area contributed by atoms with Crippen molar-refractivity contribution in [3.63, 3.8) is 0 Å². The molecular weight excluding hydrogens is 633 g/mol. The molecule has 0 spiro atoms. The second-order valence-corrected chi connectivity index (χ2v) is 12.3. The van der Waals surface area contributed by atoms with Crippen LogP contribution in [0.4, 0.5) is 4.39 Å². The third kappa shape index (κ3) is 7.48. The summed E-state index contributed by atoms with van der Waals surface area (Å²) in [4.78, 5) is 30.2. The topological polar surface area (TPSA) is 61.9 Å². The normalized spacial score (nSPS) is 18.0. The number of hydrogen-bond donors (Lipinski definition) is 1. The lowest BCUT2D eigenvalue weighted by atomic mass is 9.82. The van der Waals surface area contributed by atoms with Gasteiger partial charge in [-0.2, -0.15) is 0 Å². The van der Waals surface area contributed by atoms with E-state index < -0.39 is 0 Å². The summed E-state index contributed by atoms with van der Waals surface area (Å²) in [5.41, 5.74) is 4.83. The lowest BCUT2D eigenvalue weighted by molar-refractivity contribution is -0.132. The van der Waals surface area contributed by atoms with Gasteiger partial charge in [0.25, 0.3) is 5.91 Å². The van der Waals surface area contributed by atoms with Gasteiger partial charge >= 0.3 is 0 Å². The van der Waals surface area contributed by atoms with E-state index in [0.29, 0.717) is 50.0 Å². The molecule has 2 bridgehead atoms. The fourth-order valence-corrected chi connectivity index (χ4v) is 6.43. The Balaban J connectivity index is 1.36. The largest absolute Gasteiger partial charge is 0.492 e. The summed E-state index contributed by atoms with van der Waals surface area (Å²) in [5, 5.41) is 4.26. The first-order valence-electron chi connectivity index (χ1n) is 14.7. The predicted molar refractivity (Wildman–Crippen MR) is 171 cm³/mol. The molecule has 3 aromatic rings. The van der Waals surface area contributed by atoms with Crippen molar-refractivity contribution in [2.75, 3.05) is 26.2 Å². The first-order chi connectivity index (χ1) is 20.7. The van der Waals surface area contributed by atoms with Crippen LogP contribution in [0.25, 0.3) is 5.57 Å². The van der Waals surface area contributed by atoms with Crippen molar-refractivity contribution in [3.05, 3.63) is 104 Å². The van der Waals surface area contributed by atoms with Crippen LogP contribution in [0.5, 0.6) is 5.75 Å². The Morgan fingerprint density at radius 3 is 2.60 bits per heavy atom. The molecular formula is C34H36BrClFN3O3. The summed E-state index contributed by atoms with van der Waals surface area (Å²) < 4.78 is 20.0. The van der Waals surface area contributed by atoms with Gasteiger partial charge in [-0.05, 0) is 82.6 Å². The van der Waals surface area contributed by atoms with Gasteiger partial charge in [0.2, 0.25) is 5.91 Å². The number of halogens is 3. The Labute approximate surface area is 266 Å². The molecule has 0 radical (unpaired) electrons. The summed E-state index contributed by atoms with van der Waals surface area (Å²) >= 11 is 9.85. The molecule has 0 aromatic heterocycles.